The monoisotopic (exact) mass is 329 g/mol. The summed E-state index contributed by atoms with van der Waals surface area (Å²) in [5.74, 6) is -0.530. The number of nitrogens with zero attached hydrogens (tertiary/aromatic N) is 1. The zero-order valence-corrected chi connectivity index (χ0v) is 12.3. The molecule has 8 nitrogen and oxygen atoms in total. The van der Waals surface area contributed by atoms with Gasteiger partial charge in [0.05, 0.1) is 11.0 Å². The van der Waals surface area contributed by atoms with Gasteiger partial charge in [-0.2, -0.15) is 4.31 Å². The Labute approximate surface area is 126 Å². The fourth-order valence-corrected chi connectivity index (χ4v) is 4.24. The van der Waals surface area contributed by atoms with Gasteiger partial charge < -0.3 is 19.7 Å². The largest absolute Gasteiger partial charge is 0.486 e. The van der Waals surface area contributed by atoms with Crippen molar-refractivity contribution in [2.45, 2.75) is 23.5 Å². The van der Waals surface area contributed by atoms with E-state index in [1.54, 1.807) is 0 Å². The van der Waals surface area contributed by atoms with E-state index in [0.717, 1.165) is 4.31 Å². The lowest BCUT2D eigenvalue weighted by Gasteiger charge is -2.23. The minimum atomic E-state index is -4.04. The molecule has 1 fully saturated rings. The molecule has 3 rings (SSSR count). The van der Waals surface area contributed by atoms with E-state index in [-0.39, 0.29) is 17.9 Å². The van der Waals surface area contributed by atoms with E-state index in [1.807, 2.05) is 0 Å². The van der Waals surface area contributed by atoms with Crippen LogP contribution >= 0.6 is 0 Å². The van der Waals surface area contributed by atoms with E-state index in [1.165, 1.54) is 18.2 Å². The number of ether oxygens (including phenoxy) is 2. The van der Waals surface area contributed by atoms with Crippen LogP contribution in [0, 0.1) is 0 Å². The number of aliphatic hydroxyl groups excluding tert-OH is 1. The number of fused-ring (bicyclic) bond motifs is 1. The first-order chi connectivity index (χ1) is 10.4. The lowest BCUT2D eigenvalue weighted by molar-refractivity contribution is -0.140. The van der Waals surface area contributed by atoms with Crippen LogP contribution in [0.1, 0.15) is 6.42 Å². The highest BCUT2D eigenvalue weighted by molar-refractivity contribution is 7.89. The zero-order valence-electron chi connectivity index (χ0n) is 11.5. The predicted molar refractivity (Wildman–Crippen MR) is 73.4 cm³/mol. The average Bonchev–Trinajstić information content (AvgIpc) is 2.90. The molecule has 9 heteroatoms. The molecule has 2 atom stereocenters. The Bertz CT molecular complexity index is 702. The van der Waals surface area contributed by atoms with E-state index >= 15 is 0 Å². The molecule has 1 saturated heterocycles. The second-order valence-corrected chi connectivity index (χ2v) is 7.01. The van der Waals surface area contributed by atoms with Crippen LogP contribution in [0.25, 0.3) is 0 Å². The number of sulfonamides is 1. The van der Waals surface area contributed by atoms with Crippen molar-refractivity contribution in [2.24, 2.45) is 0 Å². The van der Waals surface area contributed by atoms with Gasteiger partial charge in [-0.25, -0.2) is 8.42 Å². The third-order valence-corrected chi connectivity index (χ3v) is 5.51. The van der Waals surface area contributed by atoms with E-state index in [2.05, 4.69) is 0 Å². The van der Waals surface area contributed by atoms with Crippen LogP contribution in [0.5, 0.6) is 11.5 Å². The predicted octanol–water partition coefficient (Wildman–Crippen LogP) is -0.334. The van der Waals surface area contributed by atoms with Crippen molar-refractivity contribution >= 4 is 16.0 Å². The molecule has 2 aliphatic heterocycles. The van der Waals surface area contributed by atoms with Gasteiger partial charge in [-0.1, -0.05) is 0 Å². The molecule has 0 saturated carbocycles. The number of aliphatic hydroxyl groups is 1. The third kappa shape index (κ3) is 2.51. The minimum absolute atomic E-state index is 0.0860. The second kappa shape index (κ2) is 5.41. The van der Waals surface area contributed by atoms with E-state index < -0.39 is 28.1 Å². The van der Waals surface area contributed by atoms with Crippen LogP contribution in [0.4, 0.5) is 0 Å². The standard InChI is InChI=1S/C13H15NO7S/c15-8-5-10(13(16)17)14(7-8)22(18,19)9-1-2-11-12(6-9)21-4-3-20-11/h1-2,6,8,10,15H,3-5,7H2,(H,16,17)/t8-,10+/m0/s1. The molecule has 0 spiro atoms. The topological polar surface area (TPSA) is 113 Å². The zero-order chi connectivity index (χ0) is 15.9. The molecule has 1 aromatic rings. The number of carboxylic acids is 1. The summed E-state index contributed by atoms with van der Waals surface area (Å²) >= 11 is 0. The third-order valence-electron chi connectivity index (χ3n) is 3.64. The second-order valence-electron chi connectivity index (χ2n) is 5.12. The number of hydrogen-bond acceptors (Lipinski definition) is 6. The maximum absolute atomic E-state index is 12.6. The normalized spacial score (nSPS) is 25.1. The molecule has 0 bridgehead atoms. The van der Waals surface area contributed by atoms with Gasteiger partial charge in [0.1, 0.15) is 19.3 Å². The molecule has 1 aromatic carbocycles. The summed E-state index contributed by atoms with van der Waals surface area (Å²) in [5, 5.41) is 18.7. The van der Waals surface area contributed by atoms with Gasteiger partial charge in [-0.15, -0.1) is 0 Å². The van der Waals surface area contributed by atoms with Crippen molar-refractivity contribution in [3.63, 3.8) is 0 Å². The first-order valence-corrected chi connectivity index (χ1v) is 8.16. The first-order valence-electron chi connectivity index (χ1n) is 6.72. The Morgan fingerprint density at radius 1 is 1.23 bits per heavy atom. The minimum Gasteiger partial charge on any atom is -0.486 e. The fourth-order valence-electron chi connectivity index (χ4n) is 2.59. The summed E-state index contributed by atoms with van der Waals surface area (Å²) in [6, 6.07) is 2.86. The molecule has 0 aliphatic carbocycles. The number of aliphatic carboxylic acids is 1. The van der Waals surface area contributed by atoms with Gasteiger partial charge in [0, 0.05) is 19.0 Å². The Morgan fingerprint density at radius 2 is 1.91 bits per heavy atom. The number of carbonyl (C=O) groups is 1. The molecule has 0 aromatic heterocycles. The molecular formula is C13H15NO7S. The van der Waals surface area contributed by atoms with Crippen molar-refractivity contribution in [1.82, 2.24) is 4.31 Å². The Hall–Kier alpha value is -1.84. The van der Waals surface area contributed by atoms with E-state index in [9.17, 15) is 18.3 Å². The SMILES string of the molecule is O=C(O)[C@H]1C[C@H](O)CN1S(=O)(=O)c1ccc2c(c1)OCCO2. The lowest BCUT2D eigenvalue weighted by atomic mass is 10.2. The molecule has 2 heterocycles. The number of hydrogen-bond donors (Lipinski definition) is 2. The molecule has 2 aliphatic rings. The molecule has 22 heavy (non-hydrogen) atoms. The van der Waals surface area contributed by atoms with Crippen molar-refractivity contribution in [3.05, 3.63) is 18.2 Å². The Balaban J connectivity index is 1.97. The number of β-amino-alcohol motifs (C(OH)–C–C–N with tert-alkyl or cyclic N) is 1. The average molecular weight is 329 g/mol. The maximum Gasteiger partial charge on any atom is 0.322 e. The molecule has 120 valence electrons. The summed E-state index contributed by atoms with van der Waals surface area (Å²) in [4.78, 5) is 11.1. The summed E-state index contributed by atoms with van der Waals surface area (Å²) in [7, 11) is -4.04. The molecular weight excluding hydrogens is 314 g/mol. The fraction of sp³-hybridized carbons (Fsp3) is 0.462. The highest BCUT2D eigenvalue weighted by Gasteiger charge is 2.43. The summed E-state index contributed by atoms with van der Waals surface area (Å²) in [6.45, 7) is 0.461. The van der Waals surface area contributed by atoms with Crippen LogP contribution in [-0.2, 0) is 14.8 Å². The Morgan fingerprint density at radius 3 is 2.59 bits per heavy atom. The van der Waals surface area contributed by atoms with Crippen LogP contribution in [0.15, 0.2) is 23.1 Å². The highest BCUT2D eigenvalue weighted by atomic mass is 32.2. The van der Waals surface area contributed by atoms with Crippen LogP contribution in [0.2, 0.25) is 0 Å². The molecule has 2 N–H and O–H groups in total. The van der Waals surface area contributed by atoms with Crippen LogP contribution in [-0.4, -0.2) is 60.8 Å². The van der Waals surface area contributed by atoms with Gasteiger partial charge in [-0.3, -0.25) is 4.79 Å². The van der Waals surface area contributed by atoms with Gasteiger partial charge in [-0.05, 0) is 12.1 Å². The smallest absolute Gasteiger partial charge is 0.322 e. The van der Waals surface area contributed by atoms with E-state index in [4.69, 9.17) is 14.6 Å². The highest BCUT2D eigenvalue weighted by Crippen LogP contribution is 2.34. The Kier molecular flexibility index (Phi) is 3.71. The van der Waals surface area contributed by atoms with Crippen LogP contribution < -0.4 is 9.47 Å². The summed E-state index contributed by atoms with van der Waals surface area (Å²) in [6.07, 6.45) is -1.12. The molecule has 0 amide bonds. The lowest BCUT2D eigenvalue weighted by Crippen LogP contribution is -2.40. The quantitative estimate of drug-likeness (QED) is 0.780. The first kappa shape index (κ1) is 15.1. The van der Waals surface area contributed by atoms with E-state index in [0.29, 0.717) is 24.7 Å². The van der Waals surface area contributed by atoms with Crippen LogP contribution in [0.3, 0.4) is 0 Å². The number of rotatable bonds is 3. The van der Waals surface area contributed by atoms with Crippen molar-refractivity contribution in [3.8, 4) is 11.5 Å². The van der Waals surface area contributed by atoms with Gasteiger partial charge in [0.15, 0.2) is 11.5 Å². The molecule has 0 unspecified atom stereocenters. The van der Waals surface area contributed by atoms with Crippen molar-refractivity contribution in [2.75, 3.05) is 19.8 Å². The maximum atomic E-state index is 12.6. The van der Waals surface area contributed by atoms with Gasteiger partial charge in [0.2, 0.25) is 10.0 Å². The number of carboxylic acid groups (broad SMARTS) is 1. The van der Waals surface area contributed by atoms with Crippen molar-refractivity contribution < 1.29 is 32.9 Å². The summed E-state index contributed by atoms with van der Waals surface area (Å²) in [5.41, 5.74) is 0. The van der Waals surface area contributed by atoms with Crippen molar-refractivity contribution in [1.29, 1.82) is 0 Å². The molecule has 0 radical (unpaired) electrons. The van der Waals surface area contributed by atoms with Gasteiger partial charge >= 0.3 is 5.97 Å². The summed E-state index contributed by atoms with van der Waals surface area (Å²) < 4.78 is 36.8. The number of benzene rings is 1. The van der Waals surface area contributed by atoms with Gasteiger partial charge in [0.25, 0.3) is 0 Å².